The highest BCUT2D eigenvalue weighted by molar-refractivity contribution is 7.86. The largest absolute Gasteiger partial charge is 0.494 e. The van der Waals surface area contributed by atoms with Crippen LogP contribution in [0.15, 0.2) is 34.0 Å². The van der Waals surface area contributed by atoms with Crippen LogP contribution in [0, 0.1) is 6.92 Å². The highest BCUT2D eigenvalue weighted by Crippen LogP contribution is 2.21. The Balaban J connectivity index is 0.000000292. The van der Waals surface area contributed by atoms with Crippen molar-refractivity contribution in [2.45, 2.75) is 31.0 Å². The Hall–Kier alpha value is -2.61. The third-order valence-electron chi connectivity index (χ3n) is 3.57. The number of benzene rings is 1. The molecular weight excluding hydrogens is 414 g/mol. The first-order valence-corrected chi connectivity index (χ1v) is 10.7. The van der Waals surface area contributed by atoms with Gasteiger partial charge in [0.05, 0.1) is 5.69 Å². The Labute approximate surface area is 161 Å². The van der Waals surface area contributed by atoms with E-state index in [1.807, 2.05) is 0 Å². The smallest absolute Gasteiger partial charge is 0.296 e. The molecule has 7 N–H and O–H groups in total. The molecule has 0 saturated heterocycles. The van der Waals surface area contributed by atoms with Gasteiger partial charge in [-0.3, -0.25) is 18.5 Å². The lowest BCUT2D eigenvalue weighted by atomic mass is 10.2. The van der Waals surface area contributed by atoms with Crippen molar-refractivity contribution in [1.29, 1.82) is 0 Å². The molecule has 0 aliphatic rings. The monoisotopic (exact) mass is 435 g/mol. The van der Waals surface area contributed by atoms with Gasteiger partial charge in [-0.15, -0.1) is 0 Å². The predicted octanol–water partition coefficient (Wildman–Crippen LogP) is 0.368. The molecule has 0 spiro atoms. The highest BCUT2D eigenvalue weighted by Gasteiger charge is 2.17. The van der Waals surface area contributed by atoms with E-state index >= 15 is 0 Å². The van der Waals surface area contributed by atoms with Crippen molar-refractivity contribution in [2.75, 3.05) is 11.5 Å². The van der Waals surface area contributed by atoms with Crippen LogP contribution in [0.25, 0.3) is 0 Å². The van der Waals surface area contributed by atoms with Gasteiger partial charge in [0.15, 0.2) is 5.88 Å². The third-order valence-corrected chi connectivity index (χ3v) is 5.13. The lowest BCUT2D eigenvalue weighted by Crippen LogP contribution is -2.21. The number of nitrogens with two attached hydrogens (primary N) is 2. The summed E-state index contributed by atoms with van der Waals surface area (Å²) >= 11 is 0. The molecule has 0 radical (unpaired) electrons. The fourth-order valence-electron chi connectivity index (χ4n) is 2.23. The van der Waals surface area contributed by atoms with Crippen molar-refractivity contribution in [3.8, 4) is 5.88 Å². The van der Waals surface area contributed by atoms with E-state index in [-0.39, 0.29) is 28.4 Å². The Bertz CT molecular complexity index is 1140. The standard InChI is InChI=1S/C9H13NO5S.C6H8N2O3S/c1-3-10-8(11)4-6(2)7(9(10)12)5-16(13,14)15;7-4-1-2-5(8)6(3-4)12(9,10)11/h4,12H,3,5H2,1-2H3,(H,13,14,15);1-3H,7-8H2,(H,9,10,11). The van der Waals surface area contributed by atoms with Gasteiger partial charge in [-0.05, 0) is 37.6 Å². The van der Waals surface area contributed by atoms with Gasteiger partial charge in [-0.1, -0.05) is 0 Å². The maximum Gasteiger partial charge on any atom is 0.296 e. The first kappa shape index (κ1) is 23.4. The summed E-state index contributed by atoms with van der Waals surface area (Å²) in [6, 6.07) is 5.09. The number of pyridine rings is 1. The van der Waals surface area contributed by atoms with E-state index in [4.69, 9.17) is 20.6 Å². The molecule has 11 nitrogen and oxygen atoms in total. The zero-order valence-corrected chi connectivity index (χ0v) is 16.7. The Kier molecular flexibility index (Phi) is 7.20. The number of hydrogen-bond acceptors (Lipinski definition) is 8. The SMILES string of the molecule is CCn1c(O)c(CS(=O)(=O)O)c(C)cc1=O.Nc1ccc(N)c(S(=O)(=O)O)c1. The summed E-state index contributed by atoms with van der Waals surface area (Å²) in [5, 5.41) is 9.70. The van der Waals surface area contributed by atoms with Gasteiger partial charge in [0.1, 0.15) is 10.6 Å². The van der Waals surface area contributed by atoms with E-state index in [0.717, 1.165) is 10.6 Å². The molecule has 2 rings (SSSR count). The van der Waals surface area contributed by atoms with Crippen molar-refractivity contribution in [3.05, 3.63) is 45.7 Å². The first-order chi connectivity index (χ1) is 12.7. The summed E-state index contributed by atoms with van der Waals surface area (Å²) in [6.45, 7) is 3.37. The van der Waals surface area contributed by atoms with Crippen LogP contribution in [-0.4, -0.2) is 35.6 Å². The number of nitrogen functional groups attached to an aromatic ring is 2. The van der Waals surface area contributed by atoms with Crippen molar-refractivity contribution >= 4 is 31.6 Å². The fourth-order valence-corrected chi connectivity index (χ4v) is 3.61. The number of aromatic nitrogens is 1. The van der Waals surface area contributed by atoms with Gasteiger partial charge < -0.3 is 16.6 Å². The maximum absolute atomic E-state index is 11.4. The topological polar surface area (TPSA) is 203 Å². The summed E-state index contributed by atoms with van der Waals surface area (Å²) in [6.07, 6.45) is 0. The minimum atomic E-state index is -4.26. The minimum absolute atomic E-state index is 0.0216. The van der Waals surface area contributed by atoms with Crippen LogP contribution in [0.2, 0.25) is 0 Å². The van der Waals surface area contributed by atoms with E-state index in [1.54, 1.807) is 6.92 Å². The molecule has 156 valence electrons. The molecule has 0 atom stereocenters. The number of rotatable bonds is 4. The second-order valence-electron chi connectivity index (χ2n) is 5.71. The number of aromatic hydroxyl groups is 1. The van der Waals surface area contributed by atoms with Crippen LogP contribution in [0.1, 0.15) is 18.1 Å². The minimum Gasteiger partial charge on any atom is -0.494 e. The van der Waals surface area contributed by atoms with Crippen molar-refractivity contribution in [1.82, 2.24) is 4.57 Å². The molecule has 0 amide bonds. The lowest BCUT2D eigenvalue weighted by molar-refractivity contribution is 0.403. The average Bonchev–Trinajstić information content (AvgIpc) is 2.53. The quantitative estimate of drug-likeness (QED) is 0.329. The molecule has 0 unspecified atom stereocenters. The third kappa shape index (κ3) is 6.23. The Morgan fingerprint density at radius 2 is 1.64 bits per heavy atom. The lowest BCUT2D eigenvalue weighted by Gasteiger charge is -2.11. The second kappa shape index (κ2) is 8.60. The summed E-state index contributed by atoms with van der Waals surface area (Å²) in [4.78, 5) is 11.0. The van der Waals surface area contributed by atoms with Crippen LogP contribution in [-0.2, 0) is 32.5 Å². The van der Waals surface area contributed by atoms with Gasteiger partial charge >= 0.3 is 0 Å². The fraction of sp³-hybridized carbons (Fsp3) is 0.267. The van der Waals surface area contributed by atoms with Crippen LogP contribution in [0.3, 0.4) is 0 Å². The molecule has 0 aliphatic heterocycles. The van der Waals surface area contributed by atoms with E-state index < -0.39 is 37.4 Å². The van der Waals surface area contributed by atoms with Crippen molar-refractivity contribution in [3.63, 3.8) is 0 Å². The zero-order chi connectivity index (χ0) is 21.9. The maximum atomic E-state index is 11.4. The molecule has 2 aromatic rings. The number of nitrogens with zero attached hydrogens (tertiary/aromatic N) is 1. The predicted molar refractivity (Wildman–Crippen MR) is 103 cm³/mol. The summed E-state index contributed by atoms with van der Waals surface area (Å²) < 4.78 is 61.1. The van der Waals surface area contributed by atoms with Gasteiger partial charge in [-0.25, -0.2) is 0 Å². The van der Waals surface area contributed by atoms with Gasteiger partial charge in [0, 0.05) is 23.9 Å². The zero-order valence-electron chi connectivity index (χ0n) is 15.0. The van der Waals surface area contributed by atoms with Gasteiger partial charge in [-0.2, -0.15) is 16.8 Å². The van der Waals surface area contributed by atoms with Crippen molar-refractivity contribution in [2.24, 2.45) is 0 Å². The number of anilines is 2. The van der Waals surface area contributed by atoms with Gasteiger partial charge in [0.25, 0.3) is 25.8 Å². The van der Waals surface area contributed by atoms with Crippen LogP contribution in [0.4, 0.5) is 11.4 Å². The average molecular weight is 435 g/mol. The van der Waals surface area contributed by atoms with Crippen LogP contribution >= 0.6 is 0 Å². The molecule has 0 saturated carbocycles. The Morgan fingerprint density at radius 3 is 2.07 bits per heavy atom. The summed E-state index contributed by atoms with van der Waals surface area (Å²) in [5.41, 5.74) is 10.8. The Morgan fingerprint density at radius 1 is 1.07 bits per heavy atom. The number of hydrogen-bond donors (Lipinski definition) is 5. The van der Waals surface area contributed by atoms with Crippen LogP contribution < -0.4 is 17.0 Å². The highest BCUT2D eigenvalue weighted by atomic mass is 32.2. The van der Waals surface area contributed by atoms with E-state index in [0.29, 0.717) is 5.56 Å². The molecule has 1 heterocycles. The molecule has 1 aromatic carbocycles. The van der Waals surface area contributed by atoms with Crippen molar-refractivity contribution < 1.29 is 31.0 Å². The molecule has 0 fully saturated rings. The van der Waals surface area contributed by atoms with Gasteiger partial charge in [0.2, 0.25) is 0 Å². The molecular formula is C15H21N3O8S2. The first-order valence-electron chi connectivity index (χ1n) is 7.67. The van der Waals surface area contributed by atoms with E-state index in [1.165, 1.54) is 25.1 Å². The summed E-state index contributed by atoms with van der Waals surface area (Å²) in [7, 11) is -8.50. The van der Waals surface area contributed by atoms with Crippen LogP contribution in [0.5, 0.6) is 5.88 Å². The molecule has 0 aliphatic carbocycles. The molecule has 0 bridgehead atoms. The van der Waals surface area contributed by atoms with E-state index in [9.17, 15) is 26.7 Å². The van der Waals surface area contributed by atoms with E-state index in [2.05, 4.69) is 0 Å². The summed E-state index contributed by atoms with van der Waals surface area (Å²) in [5.74, 6) is -1.12. The molecule has 28 heavy (non-hydrogen) atoms. The normalized spacial score (nSPS) is 11.6. The molecule has 13 heteroatoms. The second-order valence-corrected chi connectivity index (χ2v) is 8.55. The number of aryl methyl sites for hydroxylation is 1. The molecule has 1 aromatic heterocycles.